The van der Waals surface area contributed by atoms with Gasteiger partial charge in [-0.1, -0.05) is 38.1 Å². The van der Waals surface area contributed by atoms with Crippen LogP contribution in [0.4, 0.5) is 0 Å². The Morgan fingerprint density at radius 1 is 1.10 bits per heavy atom. The lowest BCUT2D eigenvalue weighted by atomic mass is 10.0. The van der Waals surface area contributed by atoms with Crippen LogP contribution in [0.1, 0.15) is 41.3 Å². The van der Waals surface area contributed by atoms with E-state index in [9.17, 15) is 13.2 Å². The molecule has 0 spiro atoms. The van der Waals surface area contributed by atoms with Crippen molar-refractivity contribution in [3.63, 3.8) is 0 Å². The van der Waals surface area contributed by atoms with E-state index >= 15 is 0 Å². The molecule has 3 rings (SSSR count). The summed E-state index contributed by atoms with van der Waals surface area (Å²) in [7, 11) is -2.09. The van der Waals surface area contributed by atoms with E-state index < -0.39 is 10.0 Å². The van der Waals surface area contributed by atoms with Gasteiger partial charge in [0.05, 0.1) is 43.7 Å². The number of sulfonamides is 1. The Labute approximate surface area is 173 Å². The molecule has 156 valence electrons. The maximum absolute atomic E-state index is 13.0. The first kappa shape index (κ1) is 21.5. The van der Waals surface area contributed by atoms with E-state index in [2.05, 4.69) is 13.8 Å². The summed E-state index contributed by atoms with van der Waals surface area (Å²) >= 11 is 0. The molecular formula is C22H29N2O4S+. The van der Waals surface area contributed by atoms with E-state index in [1.165, 1.54) is 12.0 Å². The molecule has 0 aromatic heterocycles. The number of hydrogen-bond acceptors (Lipinski definition) is 4. The highest BCUT2D eigenvalue weighted by atomic mass is 32.2. The maximum atomic E-state index is 13.0. The third kappa shape index (κ3) is 5.04. The van der Waals surface area contributed by atoms with Gasteiger partial charge in [0.1, 0.15) is 6.54 Å². The number of ether oxygens (including phenoxy) is 1. The van der Waals surface area contributed by atoms with Gasteiger partial charge in [-0.15, -0.1) is 0 Å². The lowest BCUT2D eigenvalue weighted by Gasteiger charge is -2.31. The lowest BCUT2D eigenvalue weighted by Crippen LogP contribution is -3.13. The van der Waals surface area contributed by atoms with Crippen LogP contribution < -0.4 is 4.90 Å². The molecule has 1 N–H and O–H groups in total. The Morgan fingerprint density at radius 3 is 2.34 bits per heavy atom. The second-order valence-corrected chi connectivity index (χ2v) is 9.68. The van der Waals surface area contributed by atoms with Crippen molar-refractivity contribution >= 4 is 16.0 Å². The zero-order valence-electron chi connectivity index (χ0n) is 17.2. The summed E-state index contributed by atoms with van der Waals surface area (Å²) in [6, 6.07) is 14.6. The number of quaternary nitrogens is 1. The molecule has 2 aromatic rings. The molecule has 29 heavy (non-hydrogen) atoms. The fourth-order valence-corrected chi connectivity index (χ4v) is 5.05. The van der Waals surface area contributed by atoms with Gasteiger partial charge in [-0.25, -0.2) is 13.2 Å². The molecule has 1 fully saturated rings. The summed E-state index contributed by atoms with van der Waals surface area (Å²) < 4.78 is 32.3. The monoisotopic (exact) mass is 417 g/mol. The van der Waals surface area contributed by atoms with Gasteiger partial charge < -0.3 is 9.64 Å². The first-order valence-electron chi connectivity index (χ1n) is 9.92. The summed E-state index contributed by atoms with van der Waals surface area (Å²) in [6.45, 7) is 7.36. The average molecular weight is 418 g/mol. The SMILES string of the molecule is COC(=O)c1cccc(C[NH+]2CCN(S(=O)(=O)c3ccc(C(C)C)cc3)CC2)c1. The third-order valence-corrected chi connectivity index (χ3v) is 7.33. The molecule has 0 unspecified atom stereocenters. The van der Waals surface area contributed by atoms with Crippen molar-refractivity contribution < 1.29 is 22.8 Å². The van der Waals surface area contributed by atoms with Gasteiger partial charge in [0.2, 0.25) is 10.0 Å². The Bertz CT molecular complexity index is 947. The van der Waals surface area contributed by atoms with Crippen LogP contribution in [0.25, 0.3) is 0 Å². The van der Waals surface area contributed by atoms with Crippen molar-refractivity contribution in [2.45, 2.75) is 31.2 Å². The summed E-state index contributed by atoms with van der Waals surface area (Å²) in [5.41, 5.74) is 2.71. The number of benzene rings is 2. The van der Waals surface area contributed by atoms with Crippen molar-refractivity contribution in [1.82, 2.24) is 4.31 Å². The minimum Gasteiger partial charge on any atom is -0.465 e. The molecule has 7 heteroatoms. The number of methoxy groups -OCH3 is 1. The highest BCUT2D eigenvalue weighted by molar-refractivity contribution is 7.89. The molecule has 6 nitrogen and oxygen atoms in total. The zero-order chi connectivity index (χ0) is 21.0. The highest BCUT2D eigenvalue weighted by Crippen LogP contribution is 2.20. The third-order valence-electron chi connectivity index (χ3n) is 5.42. The van der Waals surface area contributed by atoms with Gasteiger partial charge >= 0.3 is 5.97 Å². The number of rotatable bonds is 6. The van der Waals surface area contributed by atoms with Crippen LogP contribution in [0.15, 0.2) is 53.4 Å². The van der Waals surface area contributed by atoms with Gasteiger partial charge in [-0.2, -0.15) is 4.31 Å². The maximum Gasteiger partial charge on any atom is 0.337 e. The van der Waals surface area contributed by atoms with E-state index in [1.807, 2.05) is 30.3 Å². The highest BCUT2D eigenvalue weighted by Gasteiger charge is 2.30. The van der Waals surface area contributed by atoms with Gasteiger partial charge in [-0.05, 0) is 35.7 Å². The largest absolute Gasteiger partial charge is 0.465 e. The van der Waals surface area contributed by atoms with E-state index in [-0.39, 0.29) is 5.97 Å². The van der Waals surface area contributed by atoms with E-state index in [4.69, 9.17) is 4.74 Å². The smallest absolute Gasteiger partial charge is 0.337 e. The Kier molecular flexibility index (Phi) is 6.72. The van der Waals surface area contributed by atoms with Gasteiger partial charge in [0.25, 0.3) is 0 Å². The van der Waals surface area contributed by atoms with Crippen LogP contribution in [-0.2, 0) is 21.3 Å². The van der Waals surface area contributed by atoms with Crippen molar-refractivity contribution in [3.05, 3.63) is 65.2 Å². The number of hydrogen-bond donors (Lipinski definition) is 1. The van der Waals surface area contributed by atoms with E-state index in [1.54, 1.807) is 22.5 Å². The van der Waals surface area contributed by atoms with Crippen molar-refractivity contribution in [3.8, 4) is 0 Å². The number of nitrogens with one attached hydrogen (secondary N) is 1. The minimum absolute atomic E-state index is 0.346. The second-order valence-electron chi connectivity index (χ2n) is 7.75. The molecule has 1 aliphatic rings. The van der Waals surface area contributed by atoms with Gasteiger partial charge in [-0.3, -0.25) is 0 Å². The Morgan fingerprint density at radius 2 is 1.76 bits per heavy atom. The van der Waals surface area contributed by atoms with Crippen LogP contribution in [0.3, 0.4) is 0 Å². The molecule has 0 bridgehead atoms. The summed E-state index contributed by atoms with van der Waals surface area (Å²) in [6.07, 6.45) is 0. The molecule has 0 saturated carbocycles. The zero-order valence-corrected chi connectivity index (χ0v) is 18.0. The molecule has 1 saturated heterocycles. The van der Waals surface area contributed by atoms with Crippen molar-refractivity contribution in [2.24, 2.45) is 0 Å². The molecule has 1 aliphatic heterocycles. The standard InChI is InChI=1S/C22H28N2O4S/c1-17(2)19-7-9-21(10-8-19)29(26,27)24-13-11-23(12-14-24)16-18-5-4-6-20(15-18)22(25)28-3/h4-10,15,17H,11-14,16H2,1-3H3/p+1. The van der Waals surface area contributed by atoms with Crippen LogP contribution in [-0.4, -0.2) is 52.0 Å². The Hall–Kier alpha value is -2.22. The molecule has 0 radical (unpaired) electrons. The average Bonchev–Trinajstić information content (AvgIpc) is 2.74. The summed E-state index contributed by atoms with van der Waals surface area (Å²) in [5.74, 6) is 0.0258. The first-order chi connectivity index (χ1) is 13.8. The fourth-order valence-electron chi connectivity index (χ4n) is 3.61. The predicted octanol–water partition coefficient (Wildman–Crippen LogP) is 1.69. The predicted molar refractivity (Wildman–Crippen MR) is 111 cm³/mol. The number of esters is 1. The quantitative estimate of drug-likeness (QED) is 0.727. The molecule has 0 aliphatic carbocycles. The molecule has 2 aromatic carbocycles. The van der Waals surface area contributed by atoms with E-state index in [0.717, 1.165) is 30.8 Å². The number of nitrogens with zero attached hydrogens (tertiary/aromatic N) is 1. The topological polar surface area (TPSA) is 68.1 Å². The summed E-state index contributed by atoms with van der Waals surface area (Å²) in [5, 5.41) is 0. The van der Waals surface area contributed by atoms with E-state index in [0.29, 0.717) is 29.5 Å². The molecule has 1 heterocycles. The van der Waals surface area contributed by atoms with Crippen LogP contribution in [0, 0.1) is 0 Å². The number of carbonyl (C=O) groups excluding carboxylic acids is 1. The van der Waals surface area contributed by atoms with Crippen molar-refractivity contribution in [1.29, 1.82) is 0 Å². The minimum atomic E-state index is -3.46. The van der Waals surface area contributed by atoms with Gasteiger partial charge in [0, 0.05) is 5.56 Å². The second kappa shape index (κ2) is 9.07. The molecule has 0 atom stereocenters. The first-order valence-corrected chi connectivity index (χ1v) is 11.4. The van der Waals surface area contributed by atoms with Crippen LogP contribution in [0.2, 0.25) is 0 Å². The Balaban J connectivity index is 1.62. The normalized spacial score (nSPS) is 16.1. The van der Waals surface area contributed by atoms with Crippen molar-refractivity contribution in [2.75, 3.05) is 33.3 Å². The fraction of sp³-hybridized carbons (Fsp3) is 0.409. The van der Waals surface area contributed by atoms with Crippen LogP contribution >= 0.6 is 0 Å². The number of carbonyl (C=O) groups is 1. The summed E-state index contributed by atoms with van der Waals surface area (Å²) in [4.78, 5) is 13.4. The van der Waals surface area contributed by atoms with Gasteiger partial charge in [0.15, 0.2) is 0 Å². The molecular weight excluding hydrogens is 388 g/mol. The lowest BCUT2D eigenvalue weighted by molar-refractivity contribution is -0.917. The number of piperazine rings is 1. The van der Waals surface area contributed by atoms with Crippen LogP contribution in [0.5, 0.6) is 0 Å². The molecule has 0 amide bonds.